The quantitative estimate of drug-likeness (QED) is 0.821. The van der Waals surface area contributed by atoms with E-state index in [0.717, 1.165) is 18.5 Å². The molecular weight excluding hydrogens is 210 g/mol. The third kappa shape index (κ3) is 4.86. The second-order valence-corrected chi connectivity index (χ2v) is 5.39. The molecule has 1 rings (SSSR count). The smallest absolute Gasteiger partial charge is 0.0621 e. The number of aromatic nitrogens is 1. The van der Waals surface area contributed by atoms with Gasteiger partial charge in [0.1, 0.15) is 0 Å². The van der Waals surface area contributed by atoms with Gasteiger partial charge < -0.3 is 5.11 Å². The summed E-state index contributed by atoms with van der Waals surface area (Å²) in [5.41, 5.74) is 2.24. The first kappa shape index (κ1) is 14.2. The molecule has 0 saturated carbocycles. The van der Waals surface area contributed by atoms with Crippen LogP contribution in [0.3, 0.4) is 0 Å². The Hall–Kier alpha value is -0.890. The van der Waals surface area contributed by atoms with Crippen LogP contribution in [-0.4, -0.2) is 16.2 Å². The highest BCUT2D eigenvalue weighted by Gasteiger charge is 2.16. The van der Waals surface area contributed by atoms with Crippen LogP contribution in [0, 0.1) is 11.8 Å². The zero-order valence-corrected chi connectivity index (χ0v) is 11.5. The Labute approximate surface area is 105 Å². The third-order valence-corrected chi connectivity index (χ3v) is 3.21. The molecule has 0 spiro atoms. The molecule has 1 heterocycles. The molecule has 2 unspecified atom stereocenters. The fourth-order valence-corrected chi connectivity index (χ4v) is 2.10. The molecule has 0 bridgehead atoms. The summed E-state index contributed by atoms with van der Waals surface area (Å²) in [5, 5.41) is 10.1. The van der Waals surface area contributed by atoms with Gasteiger partial charge in [0.15, 0.2) is 0 Å². The normalized spacial score (nSPS) is 14.9. The maximum absolute atomic E-state index is 10.1. The second-order valence-electron chi connectivity index (χ2n) is 5.39. The van der Waals surface area contributed by atoms with Gasteiger partial charge in [-0.1, -0.05) is 33.8 Å². The molecule has 0 saturated heterocycles. The minimum Gasteiger partial charge on any atom is -0.392 e. The molecule has 17 heavy (non-hydrogen) atoms. The summed E-state index contributed by atoms with van der Waals surface area (Å²) < 4.78 is 0. The first-order valence-electron chi connectivity index (χ1n) is 6.64. The number of nitrogens with zero attached hydrogens (tertiary/aromatic N) is 1. The van der Waals surface area contributed by atoms with Crippen molar-refractivity contribution in [3.63, 3.8) is 0 Å². The van der Waals surface area contributed by atoms with E-state index in [1.807, 2.05) is 12.3 Å². The first-order valence-corrected chi connectivity index (χ1v) is 6.64. The van der Waals surface area contributed by atoms with E-state index < -0.39 is 0 Å². The lowest BCUT2D eigenvalue weighted by atomic mass is 9.91. The molecule has 0 amide bonds. The van der Waals surface area contributed by atoms with Crippen molar-refractivity contribution in [3.05, 3.63) is 29.6 Å². The number of rotatable bonds is 6. The Morgan fingerprint density at radius 2 is 1.94 bits per heavy atom. The second kappa shape index (κ2) is 6.75. The lowest BCUT2D eigenvalue weighted by molar-refractivity contribution is 0.104. The van der Waals surface area contributed by atoms with Crippen LogP contribution in [0.1, 0.15) is 45.4 Å². The number of hydrogen-bond acceptors (Lipinski definition) is 2. The summed E-state index contributed by atoms with van der Waals surface area (Å²) in [5.74, 6) is 0.970. The number of pyridine rings is 1. The Kier molecular flexibility index (Phi) is 5.63. The van der Waals surface area contributed by atoms with Crippen molar-refractivity contribution in [1.82, 2.24) is 4.98 Å². The van der Waals surface area contributed by atoms with E-state index in [4.69, 9.17) is 0 Å². The summed E-state index contributed by atoms with van der Waals surface area (Å²) >= 11 is 0. The molecule has 1 aromatic rings. The molecule has 2 atom stereocenters. The van der Waals surface area contributed by atoms with Crippen molar-refractivity contribution < 1.29 is 5.11 Å². The fourth-order valence-electron chi connectivity index (χ4n) is 2.10. The summed E-state index contributed by atoms with van der Waals surface area (Å²) in [6, 6.07) is 4.13. The molecule has 1 aromatic heterocycles. The van der Waals surface area contributed by atoms with Gasteiger partial charge in [0, 0.05) is 18.3 Å². The maximum atomic E-state index is 10.1. The summed E-state index contributed by atoms with van der Waals surface area (Å²) in [6.07, 6.45) is 4.37. The number of aliphatic hydroxyl groups excluding tert-OH is 1. The number of aryl methyl sites for hydroxylation is 1. The van der Waals surface area contributed by atoms with Crippen molar-refractivity contribution in [2.45, 2.75) is 53.1 Å². The molecule has 1 N–H and O–H groups in total. The van der Waals surface area contributed by atoms with Crippen LogP contribution < -0.4 is 0 Å². The molecular formula is C15H25NO. The molecule has 0 aliphatic heterocycles. The van der Waals surface area contributed by atoms with Gasteiger partial charge in [-0.25, -0.2) is 0 Å². The molecule has 0 aromatic carbocycles. The minimum atomic E-state index is -0.280. The summed E-state index contributed by atoms with van der Waals surface area (Å²) in [7, 11) is 0. The highest BCUT2D eigenvalue weighted by Crippen LogP contribution is 2.17. The predicted molar refractivity (Wildman–Crippen MR) is 71.9 cm³/mol. The van der Waals surface area contributed by atoms with Gasteiger partial charge in [-0.15, -0.1) is 0 Å². The molecule has 0 fully saturated rings. The summed E-state index contributed by atoms with van der Waals surface area (Å²) in [6.45, 7) is 8.62. The Morgan fingerprint density at radius 1 is 1.24 bits per heavy atom. The monoisotopic (exact) mass is 235 g/mol. The van der Waals surface area contributed by atoms with Crippen LogP contribution in [0.2, 0.25) is 0 Å². The third-order valence-electron chi connectivity index (χ3n) is 3.21. The summed E-state index contributed by atoms with van der Waals surface area (Å²) in [4.78, 5) is 4.39. The SMILES string of the molecule is CCc1ccc(CC(O)C(C)CC(C)C)nc1. The van der Waals surface area contributed by atoms with Gasteiger partial charge in [0.2, 0.25) is 0 Å². The van der Waals surface area contributed by atoms with Crippen LogP contribution in [0.4, 0.5) is 0 Å². The van der Waals surface area contributed by atoms with Crippen molar-refractivity contribution in [2.75, 3.05) is 0 Å². The molecule has 0 aliphatic carbocycles. The minimum absolute atomic E-state index is 0.280. The van der Waals surface area contributed by atoms with Gasteiger partial charge in [-0.3, -0.25) is 4.98 Å². The number of aliphatic hydroxyl groups is 1. The van der Waals surface area contributed by atoms with Crippen LogP contribution >= 0.6 is 0 Å². The fraction of sp³-hybridized carbons (Fsp3) is 0.667. The van der Waals surface area contributed by atoms with Gasteiger partial charge in [-0.05, 0) is 36.3 Å². The molecule has 0 aliphatic rings. The largest absolute Gasteiger partial charge is 0.392 e. The van der Waals surface area contributed by atoms with E-state index in [1.165, 1.54) is 5.56 Å². The Morgan fingerprint density at radius 3 is 2.41 bits per heavy atom. The molecule has 2 nitrogen and oxygen atoms in total. The van der Waals surface area contributed by atoms with Crippen molar-refractivity contribution in [1.29, 1.82) is 0 Å². The zero-order chi connectivity index (χ0) is 12.8. The highest BCUT2D eigenvalue weighted by atomic mass is 16.3. The van der Waals surface area contributed by atoms with Crippen molar-refractivity contribution in [2.24, 2.45) is 11.8 Å². The van der Waals surface area contributed by atoms with Crippen LogP contribution in [0.25, 0.3) is 0 Å². The van der Waals surface area contributed by atoms with E-state index in [-0.39, 0.29) is 6.10 Å². The molecule has 96 valence electrons. The Bertz CT molecular complexity index is 318. The van der Waals surface area contributed by atoms with E-state index in [9.17, 15) is 5.11 Å². The number of hydrogen-bond donors (Lipinski definition) is 1. The van der Waals surface area contributed by atoms with E-state index in [0.29, 0.717) is 18.3 Å². The van der Waals surface area contributed by atoms with Gasteiger partial charge >= 0.3 is 0 Å². The van der Waals surface area contributed by atoms with Crippen molar-refractivity contribution in [3.8, 4) is 0 Å². The van der Waals surface area contributed by atoms with E-state index >= 15 is 0 Å². The average Bonchev–Trinajstić information content (AvgIpc) is 2.29. The highest BCUT2D eigenvalue weighted by molar-refractivity contribution is 5.14. The van der Waals surface area contributed by atoms with Gasteiger partial charge in [-0.2, -0.15) is 0 Å². The van der Waals surface area contributed by atoms with Crippen LogP contribution in [-0.2, 0) is 12.8 Å². The van der Waals surface area contributed by atoms with E-state index in [1.54, 1.807) is 0 Å². The maximum Gasteiger partial charge on any atom is 0.0621 e. The lowest BCUT2D eigenvalue weighted by Crippen LogP contribution is -2.22. The van der Waals surface area contributed by atoms with Gasteiger partial charge in [0.25, 0.3) is 0 Å². The average molecular weight is 235 g/mol. The Balaban J connectivity index is 2.51. The van der Waals surface area contributed by atoms with Crippen LogP contribution in [0.5, 0.6) is 0 Å². The predicted octanol–water partition coefficient (Wildman–Crippen LogP) is 3.23. The van der Waals surface area contributed by atoms with Crippen LogP contribution in [0.15, 0.2) is 18.3 Å². The molecule has 2 heteroatoms. The topological polar surface area (TPSA) is 33.1 Å². The van der Waals surface area contributed by atoms with Crippen molar-refractivity contribution >= 4 is 0 Å². The standard InChI is InChI=1S/C15H25NO/c1-5-13-6-7-14(16-10-13)9-15(17)12(4)8-11(2)3/h6-7,10-12,15,17H,5,8-9H2,1-4H3. The lowest BCUT2D eigenvalue weighted by Gasteiger charge is -2.20. The van der Waals surface area contributed by atoms with E-state index in [2.05, 4.69) is 38.7 Å². The first-order chi connectivity index (χ1) is 8.02. The molecule has 0 radical (unpaired) electrons. The zero-order valence-electron chi connectivity index (χ0n) is 11.5. The van der Waals surface area contributed by atoms with Gasteiger partial charge in [0.05, 0.1) is 6.10 Å².